The number of allylic oxidation sites excluding steroid dienone is 2. The molecule has 3 rings (SSSR count). The minimum Gasteiger partial charge on any atom is -0.481 e. The number of aliphatic carboxylic acids is 1. The molecule has 0 heterocycles. The Kier molecular flexibility index (Phi) is 6.22. The van der Waals surface area contributed by atoms with Gasteiger partial charge < -0.3 is 5.11 Å². The number of carboxylic acids is 1. The highest BCUT2D eigenvalue weighted by molar-refractivity contribution is 5.89. The molecule has 150 valence electrons. The van der Waals surface area contributed by atoms with E-state index < -0.39 is 17.8 Å². The molecule has 0 saturated heterocycles. The van der Waals surface area contributed by atoms with E-state index in [1.54, 1.807) is 0 Å². The number of fused-ring (bicyclic) bond motifs is 2. The van der Waals surface area contributed by atoms with E-state index in [1.807, 2.05) is 13.8 Å². The first-order valence-corrected chi connectivity index (χ1v) is 10.4. The van der Waals surface area contributed by atoms with Gasteiger partial charge in [-0.25, -0.2) is 0 Å². The minimum atomic E-state index is -0.912. The Morgan fingerprint density at radius 2 is 1.56 bits per heavy atom. The van der Waals surface area contributed by atoms with Crippen LogP contribution in [0.4, 0.5) is 0 Å². The number of nitrogens with one attached hydrogen (secondary N) is 2. The maximum Gasteiger partial charge on any atom is 0.307 e. The van der Waals surface area contributed by atoms with E-state index in [9.17, 15) is 19.5 Å². The molecule has 3 N–H and O–H groups in total. The van der Waals surface area contributed by atoms with Gasteiger partial charge >= 0.3 is 5.97 Å². The predicted octanol–water partition coefficient (Wildman–Crippen LogP) is 3.19. The third-order valence-corrected chi connectivity index (χ3v) is 6.84. The van der Waals surface area contributed by atoms with Crippen LogP contribution in [0.2, 0.25) is 0 Å². The molecule has 0 unspecified atom stereocenters. The zero-order valence-corrected chi connectivity index (χ0v) is 16.4. The number of hydrogen-bond donors (Lipinski definition) is 3. The molecular formula is C21H32N2O4. The second-order valence-corrected chi connectivity index (χ2v) is 8.72. The Labute approximate surface area is 161 Å². The van der Waals surface area contributed by atoms with Crippen LogP contribution < -0.4 is 10.9 Å². The predicted molar refractivity (Wildman–Crippen MR) is 101 cm³/mol. The van der Waals surface area contributed by atoms with Crippen molar-refractivity contribution in [3.8, 4) is 0 Å². The van der Waals surface area contributed by atoms with Crippen molar-refractivity contribution in [2.75, 3.05) is 0 Å². The van der Waals surface area contributed by atoms with Crippen LogP contribution in [0.15, 0.2) is 11.1 Å². The summed E-state index contributed by atoms with van der Waals surface area (Å²) in [4.78, 5) is 36.6. The van der Waals surface area contributed by atoms with Crippen molar-refractivity contribution in [3.63, 3.8) is 0 Å². The molecule has 0 aromatic heterocycles. The van der Waals surface area contributed by atoms with Gasteiger partial charge in [0, 0.05) is 6.42 Å². The Bertz CT molecular complexity index is 632. The van der Waals surface area contributed by atoms with Crippen LogP contribution in [0.25, 0.3) is 0 Å². The number of carbonyl (C=O) groups is 3. The van der Waals surface area contributed by atoms with Gasteiger partial charge in [-0.15, -0.1) is 0 Å². The molecular weight excluding hydrogens is 344 g/mol. The first-order chi connectivity index (χ1) is 12.9. The summed E-state index contributed by atoms with van der Waals surface area (Å²) in [5.41, 5.74) is 7.30. The number of hydrazine groups is 1. The van der Waals surface area contributed by atoms with E-state index in [-0.39, 0.29) is 23.7 Å². The fourth-order valence-electron chi connectivity index (χ4n) is 5.69. The van der Waals surface area contributed by atoms with Crippen LogP contribution in [-0.4, -0.2) is 22.9 Å². The van der Waals surface area contributed by atoms with Crippen LogP contribution in [0, 0.1) is 29.6 Å². The van der Waals surface area contributed by atoms with Crippen molar-refractivity contribution >= 4 is 17.8 Å². The van der Waals surface area contributed by atoms with E-state index in [4.69, 9.17) is 0 Å². The summed E-state index contributed by atoms with van der Waals surface area (Å²) in [6.07, 6.45) is 9.11. The smallest absolute Gasteiger partial charge is 0.307 e. The van der Waals surface area contributed by atoms with Crippen molar-refractivity contribution < 1.29 is 19.5 Å². The molecule has 6 heteroatoms. The molecule has 2 amide bonds. The Balaban J connectivity index is 1.54. The zero-order valence-electron chi connectivity index (χ0n) is 16.4. The third-order valence-electron chi connectivity index (χ3n) is 6.84. The molecule has 6 nitrogen and oxygen atoms in total. The van der Waals surface area contributed by atoms with Gasteiger partial charge in [0.1, 0.15) is 0 Å². The molecule has 4 atom stereocenters. The van der Waals surface area contributed by atoms with Crippen LogP contribution in [0.3, 0.4) is 0 Å². The average molecular weight is 376 g/mol. The first-order valence-electron chi connectivity index (χ1n) is 10.4. The maximum absolute atomic E-state index is 12.7. The lowest BCUT2D eigenvalue weighted by molar-refractivity contribution is -0.149. The second-order valence-electron chi connectivity index (χ2n) is 8.72. The van der Waals surface area contributed by atoms with Gasteiger partial charge in [-0.05, 0) is 50.9 Å². The lowest BCUT2D eigenvalue weighted by atomic mass is 9.79. The van der Waals surface area contributed by atoms with Crippen LogP contribution in [0.1, 0.15) is 71.6 Å². The highest BCUT2D eigenvalue weighted by atomic mass is 16.4. The summed E-state index contributed by atoms with van der Waals surface area (Å²) < 4.78 is 0. The summed E-state index contributed by atoms with van der Waals surface area (Å²) in [5.74, 6) is -2.19. The van der Waals surface area contributed by atoms with Gasteiger partial charge in [0.2, 0.25) is 11.8 Å². The van der Waals surface area contributed by atoms with Crippen LogP contribution >= 0.6 is 0 Å². The molecule has 0 spiro atoms. The van der Waals surface area contributed by atoms with Gasteiger partial charge in [0.05, 0.1) is 11.8 Å². The molecule has 0 radical (unpaired) electrons. The Morgan fingerprint density at radius 1 is 0.926 bits per heavy atom. The lowest BCUT2D eigenvalue weighted by Crippen LogP contribution is -2.48. The van der Waals surface area contributed by atoms with Crippen molar-refractivity contribution in [2.45, 2.75) is 71.6 Å². The number of amides is 2. The molecule has 0 aliphatic heterocycles. The Hall–Kier alpha value is -1.85. The molecule has 3 aliphatic rings. The van der Waals surface area contributed by atoms with Gasteiger partial charge in [-0.3, -0.25) is 25.2 Å². The highest BCUT2D eigenvalue weighted by Gasteiger charge is 2.57. The van der Waals surface area contributed by atoms with Crippen molar-refractivity contribution in [3.05, 3.63) is 11.1 Å². The summed E-state index contributed by atoms with van der Waals surface area (Å²) in [6.45, 7) is 3.99. The first kappa shape index (κ1) is 19.9. The summed E-state index contributed by atoms with van der Waals surface area (Å²) in [7, 11) is 0. The van der Waals surface area contributed by atoms with E-state index in [2.05, 4.69) is 10.9 Å². The van der Waals surface area contributed by atoms with Gasteiger partial charge in [-0.1, -0.05) is 43.3 Å². The molecule has 3 saturated carbocycles. The monoisotopic (exact) mass is 376 g/mol. The van der Waals surface area contributed by atoms with E-state index in [0.29, 0.717) is 12.3 Å². The zero-order chi connectivity index (χ0) is 19.6. The largest absolute Gasteiger partial charge is 0.481 e. The molecule has 0 aromatic rings. The number of carbonyl (C=O) groups excluding carboxylic acids is 2. The lowest BCUT2D eigenvalue weighted by Gasteiger charge is -2.26. The number of hydrogen-bond acceptors (Lipinski definition) is 3. The molecule has 3 aliphatic carbocycles. The van der Waals surface area contributed by atoms with Crippen LogP contribution in [0.5, 0.6) is 0 Å². The Morgan fingerprint density at radius 3 is 2.15 bits per heavy atom. The second kappa shape index (κ2) is 8.44. The fraction of sp³-hybridized carbons (Fsp3) is 0.762. The van der Waals surface area contributed by atoms with E-state index in [1.165, 1.54) is 32.1 Å². The third kappa shape index (κ3) is 4.19. The summed E-state index contributed by atoms with van der Waals surface area (Å²) in [5, 5.41) is 9.67. The normalized spacial score (nSPS) is 30.2. The van der Waals surface area contributed by atoms with E-state index >= 15 is 0 Å². The summed E-state index contributed by atoms with van der Waals surface area (Å²) in [6, 6.07) is 0. The van der Waals surface area contributed by atoms with E-state index in [0.717, 1.165) is 30.4 Å². The maximum atomic E-state index is 12.7. The van der Waals surface area contributed by atoms with Crippen molar-refractivity contribution in [1.82, 2.24) is 10.9 Å². The van der Waals surface area contributed by atoms with Crippen LogP contribution in [-0.2, 0) is 14.4 Å². The topological polar surface area (TPSA) is 95.5 Å². The van der Waals surface area contributed by atoms with Crippen molar-refractivity contribution in [1.29, 1.82) is 0 Å². The highest BCUT2D eigenvalue weighted by Crippen LogP contribution is 2.57. The SMILES string of the molecule is CC(C)=C1[C@H]2CC[C@H]1[C@@H](C(=O)NNC(=O)CCC1CCCCC1)[C@@H]2C(=O)O. The van der Waals surface area contributed by atoms with Crippen molar-refractivity contribution in [2.24, 2.45) is 29.6 Å². The molecule has 27 heavy (non-hydrogen) atoms. The van der Waals surface area contributed by atoms with Gasteiger partial charge in [0.25, 0.3) is 0 Å². The van der Waals surface area contributed by atoms with Gasteiger partial charge in [0.15, 0.2) is 0 Å². The quantitative estimate of drug-likeness (QED) is 0.507. The molecule has 0 aromatic carbocycles. The van der Waals surface area contributed by atoms with Gasteiger partial charge in [-0.2, -0.15) is 0 Å². The number of rotatable bonds is 5. The molecule has 2 bridgehead atoms. The minimum absolute atomic E-state index is 0.0137. The standard InChI is InChI=1S/C21H32N2O4/c1-12(2)17-14-9-10-15(17)19(21(26)27)18(14)20(25)23-22-16(24)11-8-13-6-4-3-5-7-13/h13-15,18-19H,3-11H2,1-2H3,(H,22,24)(H,23,25)(H,26,27)/t14-,15-,18-,19-/m1/s1. The summed E-state index contributed by atoms with van der Waals surface area (Å²) >= 11 is 0. The number of carboxylic acid groups (broad SMARTS) is 1. The average Bonchev–Trinajstić information content (AvgIpc) is 3.21. The molecule has 3 fully saturated rings. The fourth-order valence-corrected chi connectivity index (χ4v) is 5.69.